The Morgan fingerprint density at radius 1 is 1.58 bits per heavy atom. The number of aryl methyl sites for hydroxylation is 1. The van der Waals surface area contributed by atoms with Crippen LogP contribution >= 0.6 is 0 Å². The largest absolute Gasteiger partial charge is 0.350 e. The smallest absolute Gasteiger partial charge is 0.284 e. The molecule has 0 aromatic carbocycles. The summed E-state index contributed by atoms with van der Waals surface area (Å²) in [5, 5.41) is 0. The van der Waals surface area contributed by atoms with Crippen molar-refractivity contribution in [2.45, 2.75) is 26.3 Å². The minimum atomic E-state index is -0.590. The lowest BCUT2D eigenvalue weighted by atomic mass is 10.3. The zero-order chi connectivity index (χ0) is 8.97. The number of nitrogens with one attached hydrogen (secondary N) is 1. The summed E-state index contributed by atoms with van der Waals surface area (Å²) in [6.07, 6.45) is 3.19. The minimum Gasteiger partial charge on any atom is -0.284 e. The second-order valence-corrected chi connectivity index (χ2v) is 2.53. The fourth-order valence-electron chi connectivity index (χ4n) is 0.858. The van der Waals surface area contributed by atoms with Gasteiger partial charge in [0.25, 0.3) is 0 Å². The third kappa shape index (κ3) is 2.05. The van der Waals surface area contributed by atoms with Gasteiger partial charge in [-0.05, 0) is 6.42 Å². The van der Waals surface area contributed by atoms with Crippen LogP contribution in [0.4, 0.5) is 0 Å². The number of aromatic amines is 1. The second-order valence-electron chi connectivity index (χ2n) is 2.53. The molecule has 1 aromatic rings. The molecule has 0 spiro atoms. The molecule has 0 saturated heterocycles. The van der Waals surface area contributed by atoms with Gasteiger partial charge in [0, 0.05) is 6.54 Å². The Balaban J connectivity index is 2.87. The predicted octanol–water partition coefficient (Wildman–Crippen LogP) is -0.268. The molecule has 0 aliphatic rings. The number of aromatic nitrogens is 3. The van der Waals surface area contributed by atoms with Crippen molar-refractivity contribution in [3.05, 3.63) is 27.3 Å². The average molecular weight is 169 g/mol. The van der Waals surface area contributed by atoms with Crippen LogP contribution in [0.5, 0.6) is 0 Å². The average Bonchev–Trinajstić information content (AvgIpc) is 2.03. The fourth-order valence-corrected chi connectivity index (χ4v) is 0.858. The van der Waals surface area contributed by atoms with Gasteiger partial charge in [0.15, 0.2) is 0 Å². The Labute approximate surface area is 69.1 Å². The van der Waals surface area contributed by atoms with E-state index in [1.165, 1.54) is 10.9 Å². The quantitative estimate of drug-likeness (QED) is 0.677. The van der Waals surface area contributed by atoms with Gasteiger partial charge in [0.2, 0.25) is 0 Å². The summed E-state index contributed by atoms with van der Waals surface area (Å²) in [4.78, 5) is 27.1. The molecular formula is C7H11N3O2. The van der Waals surface area contributed by atoms with Gasteiger partial charge in [-0.25, -0.2) is 9.59 Å². The second kappa shape index (κ2) is 3.85. The van der Waals surface area contributed by atoms with E-state index in [0.717, 1.165) is 12.8 Å². The Hall–Kier alpha value is -1.39. The number of rotatable bonds is 3. The molecule has 0 fully saturated rings. The molecule has 12 heavy (non-hydrogen) atoms. The third-order valence-electron chi connectivity index (χ3n) is 1.54. The van der Waals surface area contributed by atoms with Crippen LogP contribution in [-0.4, -0.2) is 14.5 Å². The summed E-state index contributed by atoms with van der Waals surface area (Å²) in [5.74, 6) is 0. The summed E-state index contributed by atoms with van der Waals surface area (Å²) in [6, 6.07) is 0. The van der Waals surface area contributed by atoms with Crippen LogP contribution < -0.4 is 11.4 Å². The molecule has 1 aromatic heterocycles. The monoisotopic (exact) mass is 169 g/mol. The highest BCUT2D eigenvalue weighted by Crippen LogP contribution is 1.87. The lowest BCUT2D eigenvalue weighted by molar-refractivity contribution is 0.581. The predicted molar refractivity (Wildman–Crippen MR) is 44.0 cm³/mol. The van der Waals surface area contributed by atoms with Crippen LogP contribution in [0.25, 0.3) is 0 Å². The van der Waals surface area contributed by atoms with Crippen LogP contribution in [0.2, 0.25) is 0 Å². The Kier molecular flexibility index (Phi) is 2.79. The van der Waals surface area contributed by atoms with E-state index in [4.69, 9.17) is 0 Å². The molecule has 0 bridgehead atoms. The molecule has 0 unspecified atom stereocenters. The zero-order valence-corrected chi connectivity index (χ0v) is 6.91. The van der Waals surface area contributed by atoms with Gasteiger partial charge in [-0.1, -0.05) is 13.3 Å². The summed E-state index contributed by atoms with van der Waals surface area (Å²) in [6.45, 7) is 2.64. The molecule has 5 nitrogen and oxygen atoms in total. The van der Waals surface area contributed by atoms with Gasteiger partial charge >= 0.3 is 11.4 Å². The summed E-state index contributed by atoms with van der Waals surface area (Å²) in [7, 11) is 0. The first-order valence-electron chi connectivity index (χ1n) is 3.90. The molecule has 0 saturated carbocycles. The van der Waals surface area contributed by atoms with Crippen molar-refractivity contribution < 1.29 is 0 Å². The van der Waals surface area contributed by atoms with Crippen LogP contribution in [0.3, 0.4) is 0 Å². The maximum atomic E-state index is 11.0. The summed E-state index contributed by atoms with van der Waals surface area (Å²) in [5.41, 5.74) is -0.976. The molecule has 66 valence electrons. The van der Waals surface area contributed by atoms with Crippen LogP contribution in [-0.2, 0) is 6.54 Å². The third-order valence-corrected chi connectivity index (χ3v) is 1.54. The van der Waals surface area contributed by atoms with Crippen molar-refractivity contribution in [2.75, 3.05) is 0 Å². The number of hydrogen-bond acceptors (Lipinski definition) is 3. The first-order chi connectivity index (χ1) is 5.74. The standard InChI is InChI=1S/C7H11N3O2/c1-2-3-4-10-5-8-6(11)9-7(10)12/h5H,2-4H2,1H3,(H,9,11,12). The van der Waals surface area contributed by atoms with Crippen molar-refractivity contribution in [3.8, 4) is 0 Å². The van der Waals surface area contributed by atoms with Crippen molar-refractivity contribution >= 4 is 0 Å². The van der Waals surface area contributed by atoms with E-state index >= 15 is 0 Å². The molecule has 5 heteroatoms. The molecule has 0 radical (unpaired) electrons. The normalized spacial score (nSPS) is 10.1. The first kappa shape index (κ1) is 8.70. The fraction of sp³-hybridized carbons (Fsp3) is 0.571. The van der Waals surface area contributed by atoms with Crippen molar-refractivity contribution in [2.24, 2.45) is 0 Å². The lowest BCUT2D eigenvalue weighted by Crippen LogP contribution is -2.31. The maximum absolute atomic E-state index is 11.0. The van der Waals surface area contributed by atoms with Gasteiger partial charge in [-0.2, -0.15) is 4.98 Å². The molecule has 1 N–H and O–H groups in total. The maximum Gasteiger partial charge on any atom is 0.350 e. The molecule has 0 atom stereocenters. The number of unbranched alkanes of at least 4 members (excludes halogenated alkanes) is 1. The Bertz CT molecular complexity index is 352. The first-order valence-corrected chi connectivity index (χ1v) is 3.90. The van der Waals surface area contributed by atoms with Crippen LogP contribution in [0.1, 0.15) is 19.8 Å². The highest BCUT2D eigenvalue weighted by Gasteiger charge is 1.94. The summed E-state index contributed by atoms with van der Waals surface area (Å²) >= 11 is 0. The number of H-pyrrole nitrogens is 1. The Morgan fingerprint density at radius 3 is 2.92 bits per heavy atom. The van der Waals surface area contributed by atoms with Crippen LogP contribution in [0, 0.1) is 0 Å². The molecule has 0 amide bonds. The molecule has 0 aliphatic heterocycles. The highest BCUT2D eigenvalue weighted by atomic mass is 16.2. The van der Waals surface area contributed by atoms with E-state index in [0.29, 0.717) is 6.54 Å². The van der Waals surface area contributed by atoms with E-state index in [1.54, 1.807) is 0 Å². The molecule has 0 aliphatic carbocycles. The van der Waals surface area contributed by atoms with Gasteiger partial charge in [-0.15, -0.1) is 0 Å². The number of nitrogens with zero attached hydrogens (tertiary/aromatic N) is 2. The topological polar surface area (TPSA) is 67.8 Å². The van der Waals surface area contributed by atoms with Gasteiger partial charge in [0.1, 0.15) is 6.33 Å². The van der Waals surface area contributed by atoms with Gasteiger partial charge < -0.3 is 0 Å². The SMILES string of the molecule is CCCCn1cnc(=O)[nH]c1=O. The lowest BCUT2D eigenvalue weighted by Gasteiger charge is -2.00. The van der Waals surface area contributed by atoms with E-state index in [1.807, 2.05) is 6.92 Å². The molecule has 1 rings (SSSR count). The zero-order valence-electron chi connectivity index (χ0n) is 6.91. The Morgan fingerprint density at radius 2 is 2.33 bits per heavy atom. The van der Waals surface area contributed by atoms with Crippen molar-refractivity contribution in [1.29, 1.82) is 0 Å². The molecule has 1 heterocycles. The number of hydrogen-bond donors (Lipinski definition) is 1. The van der Waals surface area contributed by atoms with E-state index < -0.39 is 5.69 Å². The van der Waals surface area contributed by atoms with Crippen molar-refractivity contribution in [3.63, 3.8) is 0 Å². The molecular weight excluding hydrogens is 158 g/mol. The van der Waals surface area contributed by atoms with Crippen molar-refractivity contribution in [1.82, 2.24) is 14.5 Å². The van der Waals surface area contributed by atoms with Gasteiger partial charge in [0.05, 0.1) is 0 Å². The van der Waals surface area contributed by atoms with Crippen LogP contribution in [0.15, 0.2) is 15.9 Å². The van der Waals surface area contributed by atoms with Gasteiger partial charge in [-0.3, -0.25) is 9.55 Å². The summed E-state index contributed by atoms with van der Waals surface area (Å²) < 4.78 is 1.39. The van der Waals surface area contributed by atoms with E-state index in [9.17, 15) is 9.59 Å². The van der Waals surface area contributed by atoms with E-state index in [-0.39, 0.29) is 5.69 Å². The van der Waals surface area contributed by atoms with E-state index in [2.05, 4.69) is 9.97 Å². The minimum absolute atomic E-state index is 0.386. The highest BCUT2D eigenvalue weighted by molar-refractivity contribution is 4.66.